The molecular weight excluding hydrogens is 376 g/mol. The van der Waals surface area contributed by atoms with Gasteiger partial charge in [0, 0.05) is 0 Å². The Morgan fingerprint density at radius 2 is 1.23 bits per heavy atom. The number of rotatable bonds is 9. The molecule has 0 aromatic rings. The first-order valence-corrected chi connectivity index (χ1v) is 11.2. The van der Waals surface area contributed by atoms with E-state index in [2.05, 4.69) is 83.2 Å². The Balaban J connectivity index is 2.65. The van der Waals surface area contributed by atoms with Crippen molar-refractivity contribution in [2.45, 2.75) is 67.7 Å². The minimum atomic E-state index is 0.287. The maximum absolute atomic E-state index is 10.6. The highest BCUT2D eigenvalue weighted by Gasteiger charge is 2.26. The van der Waals surface area contributed by atoms with Crippen LogP contribution < -0.4 is 0 Å². The molecule has 0 amide bonds. The number of carbonyl (C=O) groups excluding carboxylic acids is 1. The summed E-state index contributed by atoms with van der Waals surface area (Å²) in [6.45, 7) is 15.1. The second kappa shape index (κ2) is 13.6. The third kappa shape index (κ3) is 10.8. The van der Waals surface area contributed by atoms with Gasteiger partial charge >= 0.3 is 0 Å². The Kier molecular flexibility index (Phi) is 11.6. The second-order valence-electron chi connectivity index (χ2n) is 9.13. The summed E-state index contributed by atoms with van der Waals surface area (Å²) in [7, 11) is 0. The monoisotopic (exact) mass is 416 g/mol. The van der Waals surface area contributed by atoms with Crippen LogP contribution in [0.4, 0.5) is 0 Å². The van der Waals surface area contributed by atoms with Gasteiger partial charge in [0.25, 0.3) is 0 Å². The van der Waals surface area contributed by atoms with Gasteiger partial charge in [0.2, 0.25) is 0 Å². The Labute approximate surface area is 190 Å². The van der Waals surface area contributed by atoms with Crippen molar-refractivity contribution >= 4 is 6.29 Å². The summed E-state index contributed by atoms with van der Waals surface area (Å²) in [6, 6.07) is 0. The third-order valence-electron chi connectivity index (χ3n) is 5.51. The summed E-state index contributed by atoms with van der Waals surface area (Å²) in [4.78, 5) is 10.6. The molecule has 0 bridgehead atoms. The van der Waals surface area contributed by atoms with Crippen LogP contribution in [-0.4, -0.2) is 6.29 Å². The number of carbonyl (C=O) groups is 1. The maximum atomic E-state index is 10.6. The largest absolute Gasteiger partial charge is 0.298 e. The van der Waals surface area contributed by atoms with Crippen LogP contribution in [0.5, 0.6) is 0 Å². The molecule has 1 nitrogen and oxygen atoms in total. The Bertz CT molecular complexity index is 887. The topological polar surface area (TPSA) is 17.1 Å². The van der Waals surface area contributed by atoms with Crippen LogP contribution in [0, 0.1) is 5.41 Å². The number of allylic oxidation sites excluding steroid dienone is 18. The van der Waals surface area contributed by atoms with Gasteiger partial charge in [0.15, 0.2) is 0 Å². The van der Waals surface area contributed by atoms with Crippen molar-refractivity contribution in [3.8, 4) is 0 Å². The zero-order valence-electron chi connectivity index (χ0n) is 20.5. The Hall–Kier alpha value is -2.67. The van der Waals surface area contributed by atoms with E-state index in [9.17, 15) is 4.79 Å². The molecule has 166 valence electrons. The van der Waals surface area contributed by atoms with E-state index >= 15 is 0 Å². The van der Waals surface area contributed by atoms with Crippen LogP contribution in [0.25, 0.3) is 0 Å². The van der Waals surface area contributed by atoms with Crippen molar-refractivity contribution in [2.24, 2.45) is 5.41 Å². The summed E-state index contributed by atoms with van der Waals surface area (Å²) in [5.41, 5.74) is 7.62. The number of aldehydes is 1. The average Bonchev–Trinajstić information content (AvgIpc) is 2.70. The fraction of sp³-hybridized carbons (Fsp3) is 0.367. The minimum Gasteiger partial charge on any atom is -0.298 e. The molecule has 0 aromatic carbocycles. The first kappa shape index (κ1) is 26.4. The predicted octanol–water partition coefficient (Wildman–Crippen LogP) is 8.72. The molecule has 0 fully saturated rings. The van der Waals surface area contributed by atoms with E-state index in [0.717, 1.165) is 17.4 Å². The Morgan fingerprint density at radius 3 is 1.74 bits per heavy atom. The molecule has 0 atom stereocenters. The van der Waals surface area contributed by atoms with Crippen molar-refractivity contribution in [3.05, 3.63) is 106 Å². The molecule has 0 spiro atoms. The second-order valence-corrected chi connectivity index (χ2v) is 9.13. The lowest BCUT2D eigenvalue weighted by atomic mass is 9.72. The first-order valence-electron chi connectivity index (χ1n) is 11.2. The molecule has 1 aliphatic carbocycles. The van der Waals surface area contributed by atoms with Crippen LogP contribution in [0.3, 0.4) is 0 Å². The lowest BCUT2D eigenvalue weighted by Gasteiger charge is -2.32. The quantitative estimate of drug-likeness (QED) is 0.209. The van der Waals surface area contributed by atoms with Crippen LogP contribution in [0.2, 0.25) is 0 Å². The number of hydrogen-bond acceptors (Lipinski definition) is 1. The fourth-order valence-electron chi connectivity index (χ4n) is 3.55. The first-order chi connectivity index (χ1) is 14.7. The van der Waals surface area contributed by atoms with Gasteiger partial charge in [0.05, 0.1) is 0 Å². The molecule has 0 saturated carbocycles. The van der Waals surface area contributed by atoms with Gasteiger partial charge in [-0.1, -0.05) is 109 Å². The highest BCUT2D eigenvalue weighted by molar-refractivity contribution is 5.72. The van der Waals surface area contributed by atoms with Gasteiger partial charge in [-0.2, -0.15) is 0 Å². The molecule has 0 heterocycles. The highest BCUT2D eigenvalue weighted by Crippen LogP contribution is 2.40. The van der Waals surface area contributed by atoms with E-state index in [4.69, 9.17) is 0 Å². The molecule has 0 N–H and O–H groups in total. The molecule has 1 aliphatic rings. The van der Waals surface area contributed by atoms with Crippen molar-refractivity contribution in [1.82, 2.24) is 0 Å². The zero-order valence-corrected chi connectivity index (χ0v) is 20.5. The summed E-state index contributed by atoms with van der Waals surface area (Å²) < 4.78 is 0. The molecular formula is C30H40O. The molecule has 0 aromatic heterocycles. The summed E-state index contributed by atoms with van der Waals surface area (Å²) in [6.07, 6.45) is 29.5. The van der Waals surface area contributed by atoms with E-state index in [-0.39, 0.29) is 5.41 Å². The number of hydrogen-bond donors (Lipinski definition) is 0. The van der Waals surface area contributed by atoms with Crippen molar-refractivity contribution < 1.29 is 4.79 Å². The van der Waals surface area contributed by atoms with Crippen molar-refractivity contribution in [1.29, 1.82) is 0 Å². The molecule has 1 heteroatoms. The van der Waals surface area contributed by atoms with Crippen molar-refractivity contribution in [2.75, 3.05) is 0 Å². The average molecular weight is 417 g/mol. The zero-order chi connectivity index (χ0) is 23.3. The van der Waals surface area contributed by atoms with E-state index in [1.54, 1.807) is 6.92 Å². The predicted molar refractivity (Wildman–Crippen MR) is 138 cm³/mol. The molecule has 1 rings (SSSR count). The lowest BCUT2D eigenvalue weighted by molar-refractivity contribution is -0.104. The van der Waals surface area contributed by atoms with Crippen LogP contribution >= 0.6 is 0 Å². The molecule has 0 aliphatic heterocycles. The third-order valence-corrected chi connectivity index (χ3v) is 5.51. The van der Waals surface area contributed by atoms with Gasteiger partial charge in [0.1, 0.15) is 6.29 Å². The van der Waals surface area contributed by atoms with E-state index in [1.165, 1.54) is 41.6 Å². The molecule has 0 saturated heterocycles. The van der Waals surface area contributed by atoms with Gasteiger partial charge in [-0.3, -0.25) is 4.79 Å². The fourth-order valence-corrected chi connectivity index (χ4v) is 3.55. The van der Waals surface area contributed by atoms with Gasteiger partial charge < -0.3 is 0 Å². The van der Waals surface area contributed by atoms with Crippen LogP contribution in [-0.2, 0) is 4.79 Å². The van der Waals surface area contributed by atoms with Gasteiger partial charge in [-0.05, 0) is 70.4 Å². The van der Waals surface area contributed by atoms with Crippen molar-refractivity contribution in [3.63, 3.8) is 0 Å². The van der Waals surface area contributed by atoms with E-state index in [1.807, 2.05) is 31.2 Å². The highest BCUT2D eigenvalue weighted by atomic mass is 16.1. The normalized spacial score (nSPS) is 19.6. The summed E-state index contributed by atoms with van der Waals surface area (Å²) in [5, 5.41) is 0. The smallest absolute Gasteiger partial charge is 0.145 e. The summed E-state index contributed by atoms with van der Waals surface area (Å²) >= 11 is 0. The SMILES string of the molecule is CC1=C(/C=C/C(C)=C/C=C/C=C(C)/C=C/C=C(C)/C=C/C=C(\C)C=O)C(C)(C)CCC1. The van der Waals surface area contributed by atoms with E-state index < -0.39 is 0 Å². The molecule has 0 radical (unpaired) electrons. The molecule has 31 heavy (non-hydrogen) atoms. The van der Waals surface area contributed by atoms with E-state index in [0.29, 0.717) is 0 Å². The molecule has 0 unspecified atom stereocenters. The lowest BCUT2D eigenvalue weighted by Crippen LogP contribution is -2.19. The Morgan fingerprint density at radius 1 is 0.742 bits per heavy atom. The maximum Gasteiger partial charge on any atom is 0.145 e. The van der Waals surface area contributed by atoms with Gasteiger partial charge in [-0.15, -0.1) is 0 Å². The van der Waals surface area contributed by atoms with Gasteiger partial charge in [-0.25, -0.2) is 0 Å². The minimum absolute atomic E-state index is 0.287. The van der Waals surface area contributed by atoms with Crippen LogP contribution in [0.1, 0.15) is 67.7 Å². The van der Waals surface area contributed by atoms with Crippen LogP contribution in [0.15, 0.2) is 106 Å². The standard InChI is InChI=1S/C30H40O/c1-24(15-10-16-25(2)17-11-18-27(4)23-31)13-8-9-14-26(3)20-21-29-28(5)19-12-22-30(29,6)7/h8-11,13-18,20-21,23H,12,19,22H2,1-7H3/b9-8+,15-10+,17-11+,21-20+,24-13+,25-16+,26-14+,27-18+. The summed E-state index contributed by atoms with van der Waals surface area (Å²) in [5.74, 6) is 0.